The molecule has 0 unspecified atom stereocenters. The van der Waals surface area contributed by atoms with E-state index < -0.39 is 18.7 Å². The van der Waals surface area contributed by atoms with Crippen LogP contribution in [0.15, 0.2) is 95.4 Å². The lowest BCUT2D eigenvalue weighted by Gasteiger charge is -2.26. The predicted molar refractivity (Wildman–Crippen MR) is 137 cm³/mol. The molecule has 0 amide bonds. The third kappa shape index (κ3) is 5.39. The number of aliphatic hydroxyl groups is 1. The fraction of sp³-hybridized carbons (Fsp3) is 0.200. The Morgan fingerprint density at radius 3 is 2.42 bits per heavy atom. The maximum atomic E-state index is 10.9. The van der Waals surface area contributed by atoms with Crippen LogP contribution in [0.2, 0.25) is 0 Å². The summed E-state index contributed by atoms with van der Waals surface area (Å²) in [6.45, 7) is -0.391. The summed E-state index contributed by atoms with van der Waals surface area (Å²) >= 11 is 0. The molecular weight excluding hydrogens is 454 g/mol. The van der Waals surface area contributed by atoms with Crippen LogP contribution in [0, 0.1) is 5.92 Å². The quantitative estimate of drug-likeness (QED) is 0.327. The zero-order valence-electron chi connectivity index (χ0n) is 19.7. The van der Waals surface area contributed by atoms with Gasteiger partial charge in [-0.1, -0.05) is 78.9 Å². The fourth-order valence-electron chi connectivity index (χ4n) is 4.65. The van der Waals surface area contributed by atoms with E-state index >= 15 is 0 Å². The van der Waals surface area contributed by atoms with Crippen LogP contribution in [0.5, 0.6) is 5.75 Å². The number of carbonyl (C=O) groups is 1. The van der Waals surface area contributed by atoms with Crippen molar-refractivity contribution in [1.29, 1.82) is 0 Å². The second-order valence-electron chi connectivity index (χ2n) is 8.94. The Kier molecular flexibility index (Phi) is 6.96. The van der Waals surface area contributed by atoms with Crippen LogP contribution >= 0.6 is 0 Å². The van der Waals surface area contributed by atoms with Gasteiger partial charge in [0.15, 0.2) is 12.4 Å². The normalized spacial score (nSPS) is 17.4. The van der Waals surface area contributed by atoms with Crippen molar-refractivity contribution < 1.29 is 24.2 Å². The number of allylic oxidation sites excluding steroid dienone is 1. The molecule has 0 saturated heterocycles. The maximum Gasteiger partial charge on any atom is 0.341 e. The van der Waals surface area contributed by atoms with Crippen molar-refractivity contribution in [1.82, 2.24) is 4.98 Å². The van der Waals surface area contributed by atoms with E-state index in [0.29, 0.717) is 36.7 Å². The molecule has 0 saturated carbocycles. The monoisotopic (exact) mass is 481 g/mol. The van der Waals surface area contributed by atoms with Gasteiger partial charge in [0.05, 0.1) is 6.10 Å². The number of carboxylic acid groups (broad SMARTS) is 1. The molecule has 0 radical (unpaired) electrons. The number of benzene rings is 3. The predicted octanol–water partition coefficient (Wildman–Crippen LogP) is 5.87. The molecule has 4 aromatic rings. The van der Waals surface area contributed by atoms with E-state index in [1.807, 2.05) is 84.9 Å². The van der Waals surface area contributed by atoms with Crippen molar-refractivity contribution >= 4 is 11.5 Å². The Bertz CT molecular complexity index is 1300. The van der Waals surface area contributed by atoms with E-state index in [9.17, 15) is 9.90 Å². The summed E-state index contributed by atoms with van der Waals surface area (Å²) in [6, 6.07) is 27.3. The number of ether oxygens (including phenoxy) is 1. The van der Waals surface area contributed by atoms with Crippen LogP contribution in [0.1, 0.15) is 24.3 Å². The Morgan fingerprint density at radius 2 is 1.69 bits per heavy atom. The molecule has 1 aromatic heterocycles. The molecule has 0 spiro atoms. The topological polar surface area (TPSA) is 92.8 Å². The number of oxazole rings is 1. The van der Waals surface area contributed by atoms with Crippen LogP contribution in [0.3, 0.4) is 0 Å². The van der Waals surface area contributed by atoms with Crippen LogP contribution in [0.4, 0.5) is 0 Å². The third-order valence-corrected chi connectivity index (χ3v) is 6.31. The number of aliphatic hydroxyl groups excluding tert-OH is 1. The number of carboxylic acids is 1. The molecule has 1 heterocycles. The molecular formula is C30H27NO5. The molecule has 3 aromatic carbocycles. The van der Waals surface area contributed by atoms with Crippen molar-refractivity contribution in [3.8, 4) is 28.3 Å². The lowest BCUT2D eigenvalue weighted by molar-refractivity contribution is -0.139. The standard InChI is InChI=1S/C30H27NO5/c32-24-14-15-26(23(18-24)16-20-8-7-13-25(17-20)35-19-27(33)34)30-31-28(21-9-3-1-4-10-21)29(36-30)22-11-5-2-6-12-22/h1-13,15,17,23-24,32H,14,16,18-19H2,(H,33,34)/t23-,24-/m1/s1. The number of hydrogen-bond donors (Lipinski definition) is 2. The van der Waals surface area contributed by atoms with Gasteiger partial charge in [-0.2, -0.15) is 0 Å². The van der Waals surface area contributed by atoms with Crippen LogP contribution < -0.4 is 4.74 Å². The first-order valence-electron chi connectivity index (χ1n) is 12.0. The maximum absolute atomic E-state index is 10.9. The Balaban J connectivity index is 1.49. The first-order chi connectivity index (χ1) is 17.6. The SMILES string of the molecule is O=C(O)COc1cccc(C[C@@H]2C[C@H](O)CC=C2c2nc(-c3ccccc3)c(-c3ccccc3)o2)c1. The highest BCUT2D eigenvalue weighted by Crippen LogP contribution is 2.40. The number of aliphatic carboxylic acids is 1. The lowest BCUT2D eigenvalue weighted by Crippen LogP contribution is -2.21. The summed E-state index contributed by atoms with van der Waals surface area (Å²) in [6.07, 6.45) is 3.34. The highest BCUT2D eigenvalue weighted by Gasteiger charge is 2.29. The smallest absolute Gasteiger partial charge is 0.341 e. The number of rotatable bonds is 8. The summed E-state index contributed by atoms with van der Waals surface area (Å²) < 4.78 is 11.8. The third-order valence-electron chi connectivity index (χ3n) is 6.31. The van der Waals surface area contributed by atoms with Gasteiger partial charge in [0.1, 0.15) is 11.4 Å². The van der Waals surface area contributed by atoms with Crippen molar-refractivity contribution in [3.63, 3.8) is 0 Å². The summed E-state index contributed by atoms with van der Waals surface area (Å²) in [7, 11) is 0. The van der Waals surface area contributed by atoms with E-state index in [-0.39, 0.29) is 5.92 Å². The molecule has 1 aliphatic rings. The van der Waals surface area contributed by atoms with Gasteiger partial charge < -0.3 is 19.4 Å². The largest absolute Gasteiger partial charge is 0.482 e. The van der Waals surface area contributed by atoms with Crippen molar-refractivity contribution in [2.45, 2.75) is 25.4 Å². The zero-order chi connectivity index (χ0) is 24.9. The van der Waals surface area contributed by atoms with Crippen molar-refractivity contribution in [2.24, 2.45) is 5.92 Å². The second-order valence-corrected chi connectivity index (χ2v) is 8.94. The average Bonchev–Trinajstić information content (AvgIpc) is 3.34. The lowest BCUT2D eigenvalue weighted by atomic mass is 9.82. The van der Waals surface area contributed by atoms with Gasteiger partial charge in [-0.05, 0) is 42.9 Å². The van der Waals surface area contributed by atoms with Gasteiger partial charge in [0.2, 0.25) is 5.89 Å². The molecule has 1 aliphatic carbocycles. The molecule has 0 fully saturated rings. The first kappa shape index (κ1) is 23.6. The minimum absolute atomic E-state index is 0.0191. The Labute approximate surface area is 209 Å². The average molecular weight is 482 g/mol. The summed E-state index contributed by atoms with van der Waals surface area (Å²) in [4.78, 5) is 15.8. The second kappa shape index (κ2) is 10.6. The molecule has 6 heteroatoms. The Morgan fingerprint density at radius 1 is 0.972 bits per heavy atom. The highest BCUT2D eigenvalue weighted by atomic mass is 16.5. The molecule has 6 nitrogen and oxygen atoms in total. The van der Waals surface area contributed by atoms with Crippen LogP contribution in [0.25, 0.3) is 28.2 Å². The van der Waals surface area contributed by atoms with E-state index in [1.165, 1.54) is 0 Å². The van der Waals surface area contributed by atoms with E-state index in [4.69, 9.17) is 19.2 Å². The summed E-state index contributed by atoms with van der Waals surface area (Å²) in [5.41, 5.74) is 4.66. The van der Waals surface area contributed by atoms with Crippen molar-refractivity contribution in [3.05, 3.63) is 102 Å². The number of nitrogens with zero attached hydrogens (tertiary/aromatic N) is 1. The number of aromatic nitrogens is 1. The van der Waals surface area contributed by atoms with Gasteiger partial charge in [-0.15, -0.1) is 0 Å². The molecule has 36 heavy (non-hydrogen) atoms. The van der Waals surface area contributed by atoms with Gasteiger partial charge in [0.25, 0.3) is 0 Å². The minimum atomic E-state index is -1.02. The fourth-order valence-corrected chi connectivity index (χ4v) is 4.65. The van der Waals surface area contributed by atoms with E-state index in [2.05, 4.69) is 0 Å². The summed E-state index contributed by atoms with van der Waals surface area (Å²) in [5, 5.41) is 19.4. The van der Waals surface area contributed by atoms with Gasteiger partial charge in [-0.25, -0.2) is 9.78 Å². The molecule has 2 N–H and O–H groups in total. The number of hydrogen-bond acceptors (Lipinski definition) is 5. The minimum Gasteiger partial charge on any atom is -0.482 e. The highest BCUT2D eigenvalue weighted by molar-refractivity contribution is 5.79. The van der Waals surface area contributed by atoms with Crippen LogP contribution in [-0.4, -0.2) is 33.9 Å². The molecule has 0 bridgehead atoms. The van der Waals surface area contributed by atoms with E-state index in [0.717, 1.165) is 28.0 Å². The van der Waals surface area contributed by atoms with Gasteiger partial charge in [-0.3, -0.25) is 0 Å². The van der Waals surface area contributed by atoms with Gasteiger partial charge in [0, 0.05) is 16.7 Å². The molecule has 2 atom stereocenters. The van der Waals surface area contributed by atoms with Crippen LogP contribution in [-0.2, 0) is 11.2 Å². The molecule has 5 rings (SSSR count). The molecule has 182 valence electrons. The summed E-state index contributed by atoms with van der Waals surface area (Å²) in [5.74, 6) is 0.739. The molecule has 0 aliphatic heterocycles. The Hall–Kier alpha value is -4.16. The van der Waals surface area contributed by atoms with Crippen molar-refractivity contribution in [2.75, 3.05) is 6.61 Å². The van der Waals surface area contributed by atoms with E-state index in [1.54, 1.807) is 6.07 Å². The van der Waals surface area contributed by atoms with Gasteiger partial charge >= 0.3 is 5.97 Å². The first-order valence-corrected chi connectivity index (χ1v) is 12.0. The zero-order valence-corrected chi connectivity index (χ0v) is 19.7.